The van der Waals surface area contributed by atoms with Crippen molar-refractivity contribution in [2.45, 2.75) is 6.61 Å². The molecule has 0 aliphatic carbocycles. The molecule has 1 aromatic heterocycles. The van der Waals surface area contributed by atoms with Crippen molar-refractivity contribution in [3.05, 3.63) is 71.4 Å². The van der Waals surface area contributed by atoms with Gasteiger partial charge in [0.2, 0.25) is 0 Å². The van der Waals surface area contributed by atoms with Crippen molar-refractivity contribution in [1.82, 2.24) is 15.2 Å². The van der Waals surface area contributed by atoms with E-state index in [4.69, 9.17) is 16.3 Å². The molecule has 0 fully saturated rings. The second-order valence-electron chi connectivity index (χ2n) is 4.41. The summed E-state index contributed by atoms with van der Waals surface area (Å²) in [6.45, 7) is 0.404. The van der Waals surface area contributed by atoms with Crippen LogP contribution in [0.4, 0.5) is 0 Å². The number of rotatable bonds is 4. The standard InChI is InChI=1S/C16H12ClN3O/c17-14-8-4-7-13(9-14)15-10-18-20-16(19-15)21-11-12-5-2-1-3-6-12/h1-10H,11H2. The summed E-state index contributed by atoms with van der Waals surface area (Å²) in [7, 11) is 0. The molecular formula is C16H12ClN3O. The molecule has 0 saturated heterocycles. The van der Waals surface area contributed by atoms with Crippen LogP contribution in [-0.2, 0) is 6.61 Å². The zero-order chi connectivity index (χ0) is 14.5. The van der Waals surface area contributed by atoms with Gasteiger partial charge in [-0.25, -0.2) is 0 Å². The molecule has 2 aromatic carbocycles. The van der Waals surface area contributed by atoms with E-state index in [1.807, 2.05) is 54.6 Å². The van der Waals surface area contributed by atoms with Crippen molar-refractivity contribution in [3.8, 4) is 17.3 Å². The maximum absolute atomic E-state index is 5.98. The zero-order valence-electron chi connectivity index (χ0n) is 11.1. The van der Waals surface area contributed by atoms with E-state index in [9.17, 15) is 0 Å². The summed E-state index contributed by atoms with van der Waals surface area (Å²) >= 11 is 5.98. The Hall–Kier alpha value is -2.46. The highest BCUT2D eigenvalue weighted by atomic mass is 35.5. The van der Waals surface area contributed by atoms with Gasteiger partial charge in [0.05, 0.1) is 11.9 Å². The molecule has 104 valence electrons. The van der Waals surface area contributed by atoms with E-state index in [2.05, 4.69) is 15.2 Å². The largest absolute Gasteiger partial charge is 0.458 e. The fourth-order valence-corrected chi connectivity index (χ4v) is 2.05. The van der Waals surface area contributed by atoms with E-state index in [1.54, 1.807) is 6.20 Å². The summed E-state index contributed by atoms with van der Waals surface area (Å²) in [6.07, 6.45) is 1.58. The first kappa shape index (κ1) is 13.5. The average molecular weight is 298 g/mol. The fourth-order valence-electron chi connectivity index (χ4n) is 1.86. The lowest BCUT2D eigenvalue weighted by Crippen LogP contribution is -2.01. The van der Waals surface area contributed by atoms with Gasteiger partial charge < -0.3 is 4.74 Å². The number of hydrogen-bond donors (Lipinski definition) is 0. The monoisotopic (exact) mass is 297 g/mol. The molecule has 4 nitrogen and oxygen atoms in total. The number of benzene rings is 2. The fraction of sp³-hybridized carbons (Fsp3) is 0.0625. The molecule has 0 aliphatic heterocycles. The molecule has 1 heterocycles. The lowest BCUT2D eigenvalue weighted by Gasteiger charge is -2.05. The summed E-state index contributed by atoms with van der Waals surface area (Å²) in [6, 6.07) is 17.5. The van der Waals surface area contributed by atoms with Gasteiger partial charge in [-0.3, -0.25) is 0 Å². The number of nitrogens with zero attached hydrogens (tertiary/aromatic N) is 3. The Morgan fingerprint density at radius 3 is 2.67 bits per heavy atom. The quantitative estimate of drug-likeness (QED) is 0.735. The molecule has 0 N–H and O–H groups in total. The van der Waals surface area contributed by atoms with Gasteiger partial charge in [-0.1, -0.05) is 59.2 Å². The van der Waals surface area contributed by atoms with Crippen LogP contribution in [0.1, 0.15) is 5.56 Å². The Morgan fingerprint density at radius 1 is 1.00 bits per heavy atom. The lowest BCUT2D eigenvalue weighted by molar-refractivity contribution is 0.277. The van der Waals surface area contributed by atoms with Crippen LogP contribution in [0.3, 0.4) is 0 Å². The molecule has 0 radical (unpaired) electrons. The highest BCUT2D eigenvalue weighted by Gasteiger charge is 2.05. The molecule has 0 saturated carbocycles. The lowest BCUT2D eigenvalue weighted by atomic mass is 10.2. The van der Waals surface area contributed by atoms with Crippen LogP contribution >= 0.6 is 11.6 Å². The zero-order valence-corrected chi connectivity index (χ0v) is 11.9. The third-order valence-electron chi connectivity index (χ3n) is 2.87. The highest BCUT2D eigenvalue weighted by molar-refractivity contribution is 6.30. The van der Waals surface area contributed by atoms with Gasteiger partial charge in [0.25, 0.3) is 0 Å². The Labute approximate surface area is 127 Å². The Balaban J connectivity index is 1.77. The number of hydrogen-bond acceptors (Lipinski definition) is 4. The molecular weight excluding hydrogens is 286 g/mol. The van der Waals surface area contributed by atoms with Crippen LogP contribution in [0.25, 0.3) is 11.3 Å². The summed E-state index contributed by atoms with van der Waals surface area (Å²) < 4.78 is 5.57. The van der Waals surface area contributed by atoms with E-state index < -0.39 is 0 Å². The summed E-state index contributed by atoms with van der Waals surface area (Å²) in [5.41, 5.74) is 2.60. The Bertz CT molecular complexity index is 734. The normalized spacial score (nSPS) is 10.3. The predicted molar refractivity (Wildman–Crippen MR) is 81.0 cm³/mol. The van der Waals surface area contributed by atoms with Crippen LogP contribution in [-0.4, -0.2) is 15.2 Å². The molecule has 0 spiro atoms. The molecule has 0 bridgehead atoms. The number of ether oxygens (including phenoxy) is 1. The maximum atomic E-state index is 5.98. The van der Waals surface area contributed by atoms with Crippen LogP contribution in [0.2, 0.25) is 5.02 Å². The second-order valence-corrected chi connectivity index (χ2v) is 4.85. The smallest absolute Gasteiger partial charge is 0.336 e. The maximum Gasteiger partial charge on any atom is 0.336 e. The van der Waals surface area contributed by atoms with Gasteiger partial charge in [-0.05, 0) is 17.7 Å². The Morgan fingerprint density at radius 2 is 1.86 bits per heavy atom. The van der Waals surface area contributed by atoms with Crippen molar-refractivity contribution >= 4 is 11.6 Å². The first-order valence-corrected chi connectivity index (χ1v) is 6.81. The topological polar surface area (TPSA) is 47.9 Å². The molecule has 5 heteroatoms. The minimum Gasteiger partial charge on any atom is -0.458 e. The van der Waals surface area contributed by atoms with Gasteiger partial charge in [0, 0.05) is 10.6 Å². The first-order chi connectivity index (χ1) is 10.3. The van der Waals surface area contributed by atoms with Gasteiger partial charge in [0.15, 0.2) is 0 Å². The van der Waals surface area contributed by atoms with Crippen molar-refractivity contribution < 1.29 is 4.74 Å². The third-order valence-corrected chi connectivity index (χ3v) is 3.11. The molecule has 21 heavy (non-hydrogen) atoms. The number of aromatic nitrogens is 3. The molecule has 0 amide bonds. The van der Waals surface area contributed by atoms with Gasteiger partial charge in [0.1, 0.15) is 6.61 Å². The average Bonchev–Trinajstić information content (AvgIpc) is 2.54. The van der Waals surface area contributed by atoms with E-state index in [-0.39, 0.29) is 6.01 Å². The summed E-state index contributed by atoms with van der Waals surface area (Å²) in [4.78, 5) is 4.34. The van der Waals surface area contributed by atoms with E-state index in [0.29, 0.717) is 17.3 Å². The molecule has 0 aliphatic rings. The Kier molecular flexibility index (Phi) is 4.07. The molecule has 0 unspecified atom stereocenters. The first-order valence-electron chi connectivity index (χ1n) is 6.44. The van der Waals surface area contributed by atoms with Gasteiger partial charge >= 0.3 is 6.01 Å². The van der Waals surface area contributed by atoms with Crippen molar-refractivity contribution in [2.75, 3.05) is 0 Å². The van der Waals surface area contributed by atoms with E-state index in [0.717, 1.165) is 11.1 Å². The highest BCUT2D eigenvalue weighted by Crippen LogP contribution is 2.21. The molecule has 3 rings (SSSR count). The predicted octanol–water partition coefficient (Wildman–Crippen LogP) is 3.77. The van der Waals surface area contributed by atoms with Crippen LogP contribution in [0, 0.1) is 0 Å². The van der Waals surface area contributed by atoms with Gasteiger partial charge in [-0.2, -0.15) is 10.1 Å². The summed E-state index contributed by atoms with van der Waals surface area (Å²) in [5.74, 6) is 0. The summed E-state index contributed by atoms with van der Waals surface area (Å²) in [5, 5.41) is 8.46. The third kappa shape index (κ3) is 3.55. The SMILES string of the molecule is Clc1cccc(-c2cnnc(OCc3ccccc3)n2)c1. The van der Waals surface area contributed by atoms with Crippen LogP contribution in [0.5, 0.6) is 6.01 Å². The van der Waals surface area contributed by atoms with Crippen LogP contribution < -0.4 is 4.74 Å². The van der Waals surface area contributed by atoms with E-state index in [1.165, 1.54) is 0 Å². The van der Waals surface area contributed by atoms with E-state index >= 15 is 0 Å². The molecule has 0 atom stereocenters. The van der Waals surface area contributed by atoms with Gasteiger partial charge in [-0.15, -0.1) is 0 Å². The second kappa shape index (κ2) is 6.33. The minimum absolute atomic E-state index is 0.247. The minimum atomic E-state index is 0.247. The van der Waals surface area contributed by atoms with Crippen molar-refractivity contribution in [2.24, 2.45) is 0 Å². The number of halogens is 1. The van der Waals surface area contributed by atoms with Crippen molar-refractivity contribution in [1.29, 1.82) is 0 Å². The van der Waals surface area contributed by atoms with Crippen LogP contribution in [0.15, 0.2) is 60.8 Å². The molecule has 3 aromatic rings. The van der Waals surface area contributed by atoms with Crippen molar-refractivity contribution in [3.63, 3.8) is 0 Å².